The molecule has 1 aromatic heterocycles. The van der Waals surface area contributed by atoms with Crippen LogP contribution < -0.4 is 15.5 Å². The number of nitrogens with zero attached hydrogens (tertiary/aromatic N) is 2. The Kier molecular flexibility index (Phi) is 6.84. The maximum Gasteiger partial charge on any atom is 0.261 e. The van der Waals surface area contributed by atoms with Crippen molar-refractivity contribution in [3.63, 3.8) is 0 Å². The molecule has 0 saturated carbocycles. The van der Waals surface area contributed by atoms with E-state index in [0.29, 0.717) is 24.3 Å². The van der Waals surface area contributed by atoms with Crippen molar-refractivity contribution < 1.29 is 9.59 Å². The van der Waals surface area contributed by atoms with Gasteiger partial charge in [-0.25, -0.2) is 0 Å². The third-order valence-corrected chi connectivity index (χ3v) is 5.50. The molecule has 7 heteroatoms. The molecule has 2 heterocycles. The number of amides is 2. The quantitative estimate of drug-likeness (QED) is 0.718. The smallest absolute Gasteiger partial charge is 0.261 e. The second-order valence-corrected chi connectivity index (χ2v) is 7.67. The van der Waals surface area contributed by atoms with E-state index in [1.54, 1.807) is 6.07 Å². The summed E-state index contributed by atoms with van der Waals surface area (Å²) in [5, 5.41) is 7.62. The largest absolute Gasteiger partial charge is 0.369 e. The van der Waals surface area contributed by atoms with Gasteiger partial charge in [0.2, 0.25) is 5.91 Å². The summed E-state index contributed by atoms with van der Waals surface area (Å²) in [6, 6.07) is 11.7. The molecule has 1 aliphatic rings. The third kappa shape index (κ3) is 5.80. The summed E-state index contributed by atoms with van der Waals surface area (Å²) < 4.78 is 0. The Bertz CT molecular complexity index is 738. The van der Waals surface area contributed by atoms with E-state index in [2.05, 4.69) is 39.6 Å². The molecule has 27 heavy (non-hydrogen) atoms. The number of piperazine rings is 1. The minimum Gasteiger partial charge on any atom is -0.369 e. The van der Waals surface area contributed by atoms with E-state index in [0.717, 1.165) is 31.9 Å². The second-order valence-electron chi connectivity index (χ2n) is 6.72. The molecule has 0 aliphatic carbocycles. The summed E-state index contributed by atoms with van der Waals surface area (Å²) in [5.74, 6) is -0.113. The number of rotatable bonds is 7. The van der Waals surface area contributed by atoms with Gasteiger partial charge in [0.1, 0.15) is 0 Å². The number of anilines is 2. The molecule has 0 atom stereocenters. The van der Waals surface area contributed by atoms with Crippen molar-refractivity contribution in [2.45, 2.75) is 12.8 Å². The van der Waals surface area contributed by atoms with E-state index in [1.807, 2.05) is 23.6 Å². The lowest BCUT2D eigenvalue weighted by atomic mass is 10.2. The standard InChI is InChI=1S/C20H26N4O2S/c1-23-11-13-24(14-12-23)17-8-6-16(7-9-17)22-19(25)5-2-10-21-20(26)18-4-3-15-27-18/h3-4,6-9,15H,2,5,10-14H2,1H3,(H,21,26)(H,22,25). The van der Waals surface area contributed by atoms with Gasteiger partial charge in [0, 0.05) is 50.5 Å². The number of hydrogen-bond donors (Lipinski definition) is 2. The van der Waals surface area contributed by atoms with Crippen molar-refractivity contribution in [2.75, 3.05) is 50.0 Å². The van der Waals surface area contributed by atoms with Gasteiger partial charge in [0.25, 0.3) is 5.91 Å². The fourth-order valence-electron chi connectivity index (χ4n) is 2.99. The summed E-state index contributed by atoms with van der Waals surface area (Å²) in [4.78, 5) is 29.3. The van der Waals surface area contributed by atoms with Crippen molar-refractivity contribution in [1.82, 2.24) is 10.2 Å². The van der Waals surface area contributed by atoms with Crippen LogP contribution in [0.5, 0.6) is 0 Å². The van der Waals surface area contributed by atoms with Gasteiger partial charge in [-0.1, -0.05) is 6.07 Å². The van der Waals surface area contributed by atoms with Gasteiger partial charge in [-0.2, -0.15) is 0 Å². The molecule has 2 aromatic rings. The summed E-state index contributed by atoms with van der Waals surface area (Å²) >= 11 is 1.41. The predicted molar refractivity (Wildman–Crippen MR) is 111 cm³/mol. The molecule has 144 valence electrons. The number of benzene rings is 1. The Morgan fingerprint density at radius 2 is 1.81 bits per heavy atom. The third-order valence-electron chi connectivity index (χ3n) is 4.63. The summed E-state index contributed by atoms with van der Waals surface area (Å²) in [6.45, 7) is 4.69. The van der Waals surface area contributed by atoms with Crippen LogP contribution in [-0.2, 0) is 4.79 Å². The van der Waals surface area contributed by atoms with E-state index >= 15 is 0 Å². The van der Waals surface area contributed by atoms with Crippen LogP contribution >= 0.6 is 11.3 Å². The number of carbonyl (C=O) groups is 2. The lowest BCUT2D eigenvalue weighted by Crippen LogP contribution is -2.44. The molecule has 1 aliphatic heterocycles. The highest BCUT2D eigenvalue weighted by Gasteiger charge is 2.14. The van der Waals surface area contributed by atoms with E-state index in [1.165, 1.54) is 17.0 Å². The average Bonchev–Trinajstić information content (AvgIpc) is 3.21. The molecule has 1 aromatic carbocycles. The van der Waals surface area contributed by atoms with Crippen LogP contribution in [0.4, 0.5) is 11.4 Å². The normalized spacial score (nSPS) is 14.8. The minimum atomic E-state index is -0.0788. The Balaban J connectivity index is 1.37. The fraction of sp³-hybridized carbons (Fsp3) is 0.400. The topological polar surface area (TPSA) is 64.7 Å². The molecule has 0 unspecified atom stereocenters. The molecular formula is C20H26N4O2S. The molecule has 2 N–H and O–H groups in total. The van der Waals surface area contributed by atoms with Crippen molar-refractivity contribution in [3.8, 4) is 0 Å². The Labute approximate surface area is 164 Å². The van der Waals surface area contributed by atoms with E-state index < -0.39 is 0 Å². The van der Waals surface area contributed by atoms with E-state index in [9.17, 15) is 9.59 Å². The lowest BCUT2D eigenvalue weighted by Gasteiger charge is -2.34. The zero-order chi connectivity index (χ0) is 19.1. The Morgan fingerprint density at radius 3 is 2.48 bits per heavy atom. The monoisotopic (exact) mass is 386 g/mol. The summed E-state index contributed by atoms with van der Waals surface area (Å²) in [7, 11) is 2.14. The van der Waals surface area contributed by atoms with Gasteiger partial charge in [-0.15, -0.1) is 11.3 Å². The zero-order valence-electron chi connectivity index (χ0n) is 15.6. The van der Waals surface area contributed by atoms with E-state index in [4.69, 9.17) is 0 Å². The fourth-order valence-corrected chi connectivity index (χ4v) is 3.63. The average molecular weight is 387 g/mol. The first-order chi connectivity index (χ1) is 13.1. The highest BCUT2D eigenvalue weighted by atomic mass is 32.1. The molecule has 3 rings (SSSR count). The van der Waals surface area contributed by atoms with Gasteiger partial charge in [-0.05, 0) is 49.2 Å². The molecule has 6 nitrogen and oxygen atoms in total. The van der Waals surface area contributed by atoms with Crippen molar-refractivity contribution in [1.29, 1.82) is 0 Å². The van der Waals surface area contributed by atoms with Crippen LogP contribution in [0.2, 0.25) is 0 Å². The van der Waals surface area contributed by atoms with Crippen LogP contribution in [0.1, 0.15) is 22.5 Å². The number of thiophene rings is 1. The highest BCUT2D eigenvalue weighted by Crippen LogP contribution is 2.19. The molecule has 1 saturated heterocycles. The number of carbonyl (C=O) groups excluding carboxylic acids is 2. The summed E-state index contributed by atoms with van der Waals surface area (Å²) in [5.41, 5.74) is 2.00. The van der Waals surface area contributed by atoms with Crippen LogP contribution in [-0.4, -0.2) is 56.5 Å². The number of likely N-dealkylation sites (N-methyl/N-ethyl adjacent to an activating group) is 1. The van der Waals surface area contributed by atoms with Gasteiger partial charge in [0.05, 0.1) is 4.88 Å². The van der Waals surface area contributed by atoms with Gasteiger partial charge < -0.3 is 20.4 Å². The van der Waals surface area contributed by atoms with Crippen molar-refractivity contribution in [2.24, 2.45) is 0 Å². The number of nitrogens with one attached hydrogen (secondary N) is 2. The van der Waals surface area contributed by atoms with Crippen LogP contribution in [0.25, 0.3) is 0 Å². The van der Waals surface area contributed by atoms with Crippen LogP contribution in [0.3, 0.4) is 0 Å². The molecule has 0 radical (unpaired) electrons. The Hall–Kier alpha value is -2.38. The van der Waals surface area contributed by atoms with Crippen LogP contribution in [0, 0.1) is 0 Å². The lowest BCUT2D eigenvalue weighted by molar-refractivity contribution is -0.116. The maximum atomic E-state index is 12.1. The summed E-state index contributed by atoms with van der Waals surface area (Å²) in [6.07, 6.45) is 0.993. The first kappa shape index (κ1) is 19.4. The molecule has 2 amide bonds. The first-order valence-corrected chi connectivity index (χ1v) is 10.1. The van der Waals surface area contributed by atoms with Crippen LogP contribution in [0.15, 0.2) is 41.8 Å². The SMILES string of the molecule is CN1CCN(c2ccc(NC(=O)CCCNC(=O)c3cccs3)cc2)CC1. The second kappa shape index (κ2) is 9.53. The van der Waals surface area contributed by atoms with Crippen molar-refractivity contribution >= 4 is 34.5 Å². The van der Waals surface area contributed by atoms with Gasteiger partial charge >= 0.3 is 0 Å². The first-order valence-electron chi connectivity index (χ1n) is 9.27. The molecule has 0 bridgehead atoms. The highest BCUT2D eigenvalue weighted by molar-refractivity contribution is 7.12. The molecular weight excluding hydrogens is 360 g/mol. The minimum absolute atomic E-state index is 0.0345. The van der Waals surface area contributed by atoms with Crippen molar-refractivity contribution in [3.05, 3.63) is 46.7 Å². The predicted octanol–water partition coefficient (Wildman–Crippen LogP) is 2.65. The number of hydrogen-bond acceptors (Lipinski definition) is 5. The van der Waals surface area contributed by atoms with Gasteiger partial charge in [-0.3, -0.25) is 9.59 Å². The van der Waals surface area contributed by atoms with Gasteiger partial charge in [0.15, 0.2) is 0 Å². The Morgan fingerprint density at radius 1 is 1.07 bits per heavy atom. The zero-order valence-corrected chi connectivity index (χ0v) is 16.4. The molecule has 0 spiro atoms. The van der Waals surface area contributed by atoms with E-state index in [-0.39, 0.29) is 11.8 Å². The molecule has 1 fully saturated rings. The maximum absolute atomic E-state index is 12.1.